The average Bonchev–Trinajstić information content (AvgIpc) is 2.61. The van der Waals surface area contributed by atoms with Gasteiger partial charge in [-0.05, 0) is 17.7 Å². The van der Waals surface area contributed by atoms with Crippen LogP contribution in [0, 0.1) is 0 Å². The van der Waals surface area contributed by atoms with Gasteiger partial charge in [0.1, 0.15) is 0 Å². The van der Waals surface area contributed by atoms with Crippen molar-refractivity contribution in [2.45, 2.75) is 6.54 Å². The van der Waals surface area contributed by atoms with Gasteiger partial charge in [-0.15, -0.1) is 0 Å². The third-order valence-corrected chi connectivity index (χ3v) is 2.16. The van der Waals surface area contributed by atoms with Crippen molar-refractivity contribution in [2.75, 3.05) is 6.79 Å². The quantitative estimate of drug-likeness (QED) is 0.607. The maximum Gasteiger partial charge on any atom is 0.231 e. The van der Waals surface area contributed by atoms with Crippen LogP contribution >= 0.6 is 12.2 Å². The summed E-state index contributed by atoms with van der Waals surface area (Å²) in [5, 5.41) is 2.90. The molecule has 0 saturated carbocycles. The highest BCUT2D eigenvalue weighted by Crippen LogP contribution is 2.32. The van der Waals surface area contributed by atoms with Gasteiger partial charge in [-0.2, -0.15) is 0 Å². The topological polar surface area (TPSA) is 30.5 Å². The Balaban J connectivity index is 2.09. The van der Waals surface area contributed by atoms with Gasteiger partial charge in [0.25, 0.3) is 0 Å². The molecule has 5 heteroatoms. The van der Waals surface area contributed by atoms with Crippen LogP contribution in [-0.2, 0) is 19.2 Å². The van der Waals surface area contributed by atoms with Crippen molar-refractivity contribution in [1.29, 1.82) is 0 Å². The molecule has 74 valence electrons. The monoisotopic (exact) mass is 226 g/mol. The lowest BCUT2D eigenvalue weighted by Crippen LogP contribution is -2.17. The van der Waals surface area contributed by atoms with Gasteiger partial charge in [-0.3, -0.25) is 0 Å². The summed E-state index contributed by atoms with van der Waals surface area (Å²) in [4.78, 5) is 0. The van der Waals surface area contributed by atoms with E-state index < -0.39 is 0 Å². The van der Waals surface area contributed by atoms with Gasteiger partial charge in [0.05, 0.1) is 0 Å². The molecule has 0 saturated heterocycles. The SMILES string of the molecule is S=C([S-])NCc1ccc2c(c1)OCO2. The number of thiocarbonyl (C=S) groups is 1. The Labute approximate surface area is 92.8 Å². The summed E-state index contributed by atoms with van der Waals surface area (Å²) in [6.45, 7) is 0.921. The highest BCUT2D eigenvalue weighted by molar-refractivity contribution is 8.00. The third kappa shape index (κ3) is 2.05. The van der Waals surface area contributed by atoms with Crippen molar-refractivity contribution < 1.29 is 9.47 Å². The average molecular weight is 226 g/mol. The fraction of sp³-hybridized carbons (Fsp3) is 0.222. The highest BCUT2D eigenvalue weighted by Gasteiger charge is 2.12. The minimum atomic E-state index is 0.297. The van der Waals surface area contributed by atoms with Gasteiger partial charge in [-0.1, -0.05) is 10.4 Å². The van der Waals surface area contributed by atoms with Crippen LogP contribution in [0.2, 0.25) is 0 Å². The summed E-state index contributed by atoms with van der Waals surface area (Å²) in [6, 6.07) is 5.75. The lowest BCUT2D eigenvalue weighted by Gasteiger charge is -2.09. The molecule has 0 atom stereocenters. The third-order valence-electron chi connectivity index (χ3n) is 1.87. The first kappa shape index (κ1) is 9.48. The van der Waals surface area contributed by atoms with Crippen molar-refractivity contribution >= 4 is 29.2 Å². The Hall–Kier alpha value is -1.07. The number of fused-ring (bicyclic) bond motifs is 1. The Kier molecular flexibility index (Phi) is 2.69. The molecule has 2 rings (SSSR count). The maximum atomic E-state index is 5.24. The molecule has 0 aliphatic carbocycles. The van der Waals surface area contributed by atoms with Gasteiger partial charge in [0.15, 0.2) is 11.5 Å². The molecule has 0 unspecified atom stereocenters. The lowest BCUT2D eigenvalue weighted by molar-refractivity contribution is 0.174. The van der Waals surface area contributed by atoms with E-state index in [0.29, 0.717) is 17.7 Å². The second kappa shape index (κ2) is 3.98. The first-order chi connectivity index (χ1) is 6.75. The number of hydrogen-bond donors (Lipinski definition) is 1. The molecule has 14 heavy (non-hydrogen) atoms. The molecule has 3 nitrogen and oxygen atoms in total. The molecule has 1 aliphatic rings. The van der Waals surface area contributed by atoms with E-state index in [2.05, 4.69) is 5.32 Å². The minimum absolute atomic E-state index is 0.297. The van der Waals surface area contributed by atoms with Crippen LogP contribution in [0.5, 0.6) is 11.5 Å². The zero-order valence-corrected chi connectivity index (χ0v) is 8.91. The summed E-state index contributed by atoms with van der Waals surface area (Å²) in [6.07, 6.45) is 0. The molecule has 1 N–H and O–H groups in total. The van der Waals surface area contributed by atoms with Crippen molar-refractivity contribution in [3.8, 4) is 11.5 Å². The number of benzene rings is 1. The molecular formula is C9H8NO2S2-. The van der Waals surface area contributed by atoms with Gasteiger partial charge in [-0.25, -0.2) is 0 Å². The van der Waals surface area contributed by atoms with E-state index in [-0.39, 0.29) is 0 Å². The van der Waals surface area contributed by atoms with Gasteiger partial charge in [0, 0.05) is 6.54 Å². The molecule has 1 aromatic carbocycles. The van der Waals surface area contributed by atoms with Gasteiger partial charge < -0.3 is 39.6 Å². The molecule has 1 heterocycles. The van der Waals surface area contributed by atoms with Crippen LogP contribution in [0.15, 0.2) is 18.2 Å². The Morgan fingerprint density at radius 1 is 1.43 bits per heavy atom. The summed E-state index contributed by atoms with van der Waals surface area (Å²) in [5.41, 5.74) is 1.07. The Morgan fingerprint density at radius 2 is 2.21 bits per heavy atom. The van der Waals surface area contributed by atoms with Gasteiger partial charge >= 0.3 is 0 Å². The van der Waals surface area contributed by atoms with Crippen LogP contribution in [0.4, 0.5) is 0 Å². The van der Waals surface area contributed by atoms with Crippen molar-refractivity contribution in [1.82, 2.24) is 5.32 Å². The van der Waals surface area contributed by atoms with Crippen LogP contribution in [0.25, 0.3) is 0 Å². The van der Waals surface area contributed by atoms with E-state index in [9.17, 15) is 0 Å². The zero-order valence-electron chi connectivity index (χ0n) is 7.28. The number of hydrogen-bond acceptors (Lipinski definition) is 4. The first-order valence-electron chi connectivity index (χ1n) is 4.09. The van der Waals surface area contributed by atoms with E-state index in [1.165, 1.54) is 0 Å². The second-order valence-corrected chi connectivity index (χ2v) is 3.90. The minimum Gasteiger partial charge on any atom is -0.454 e. The zero-order chi connectivity index (χ0) is 9.97. The van der Waals surface area contributed by atoms with Gasteiger partial charge in [0.2, 0.25) is 6.79 Å². The van der Waals surface area contributed by atoms with E-state index in [1.54, 1.807) is 0 Å². The predicted octanol–water partition coefficient (Wildman–Crippen LogP) is 1.34. The molecular weight excluding hydrogens is 218 g/mol. The number of rotatable bonds is 2. The normalized spacial score (nSPS) is 12.6. The fourth-order valence-corrected chi connectivity index (χ4v) is 1.37. The highest BCUT2D eigenvalue weighted by atomic mass is 32.1. The lowest BCUT2D eigenvalue weighted by atomic mass is 10.2. The molecule has 0 radical (unpaired) electrons. The van der Waals surface area contributed by atoms with Crippen LogP contribution < -0.4 is 14.8 Å². The summed E-state index contributed by atoms with van der Waals surface area (Å²) in [5.74, 6) is 1.56. The van der Waals surface area contributed by atoms with E-state index in [1.807, 2.05) is 18.2 Å². The van der Waals surface area contributed by atoms with Crippen LogP contribution in [-0.4, -0.2) is 11.1 Å². The van der Waals surface area contributed by atoms with Crippen molar-refractivity contribution in [3.63, 3.8) is 0 Å². The van der Waals surface area contributed by atoms with Crippen LogP contribution in [0.3, 0.4) is 0 Å². The van der Waals surface area contributed by atoms with Crippen molar-refractivity contribution in [2.24, 2.45) is 0 Å². The smallest absolute Gasteiger partial charge is 0.231 e. The molecule has 0 amide bonds. The first-order valence-corrected chi connectivity index (χ1v) is 4.91. The molecule has 1 aliphatic heterocycles. The molecule has 1 aromatic rings. The Bertz CT molecular complexity index is 368. The molecule has 0 spiro atoms. The van der Waals surface area contributed by atoms with E-state index in [0.717, 1.165) is 17.1 Å². The standard InChI is InChI=1S/C9H9NO2S2/c13-9(14)10-4-6-1-2-7-8(3-6)12-5-11-7/h1-3H,4-5H2,(H2,10,13,14)/p-1. The number of ether oxygens (including phenoxy) is 2. The Morgan fingerprint density at radius 3 is 3.00 bits per heavy atom. The predicted molar refractivity (Wildman–Crippen MR) is 59.4 cm³/mol. The van der Waals surface area contributed by atoms with Crippen molar-refractivity contribution in [3.05, 3.63) is 23.8 Å². The fourth-order valence-electron chi connectivity index (χ4n) is 1.23. The number of nitrogens with one attached hydrogen (secondary N) is 1. The summed E-state index contributed by atoms with van der Waals surface area (Å²) >= 11 is 9.48. The van der Waals surface area contributed by atoms with E-state index >= 15 is 0 Å². The summed E-state index contributed by atoms with van der Waals surface area (Å²) in [7, 11) is 0. The maximum absolute atomic E-state index is 5.24. The van der Waals surface area contributed by atoms with Crippen LogP contribution in [0.1, 0.15) is 5.56 Å². The molecule has 0 aromatic heterocycles. The largest absolute Gasteiger partial charge is 0.454 e. The van der Waals surface area contributed by atoms with E-state index in [4.69, 9.17) is 34.3 Å². The summed E-state index contributed by atoms with van der Waals surface area (Å²) < 4.78 is 10.8. The molecule has 0 bridgehead atoms. The second-order valence-electron chi connectivity index (χ2n) is 2.83. The molecule has 0 fully saturated rings.